The number of halogens is 2. The van der Waals surface area contributed by atoms with Gasteiger partial charge >= 0.3 is 0 Å². The summed E-state index contributed by atoms with van der Waals surface area (Å²) in [6, 6.07) is 11.4. The van der Waals surface area contributed by atoms with E-state index in [9.17, 15) is 17.6 Å². The topological polar surface area (TPSA) is 66.5 Å². The molecule has 2 aromatic rings. The molecule has 1 aliphatic rings. The molecular formula is C20H22ClFN2O3S. The van der Waals surface area contributed by atoms with Crippen molar-refractivity contribution in [3.05, 3.63) is 64.4 Å². The summed E-state index contributed by atoms with van der Waals surface area (Å²) in [6.07, 6.45) is 0.877. The summed E-state index contributed by atoms with van der Waals surface area (Å²) in [7, 11) is -3.43. The molecule has 5 nitrogen and oxygen atoms in total. The number of anilines is 1. The Morgan fingerprint density at radius 2 is 1.82 bits per heavy atom. The monoisotopic (exact) mass is 424 g/mol. The molecule has 3 rings (SSSR count). The molecule has 1 fully saturated rings. The molecule has 1 aliphatic heterocycles. The van der Waals surface area contributed by atoms with Gasteiger partial charge in [-0.3, -0.25) is 4.79 Å². The Labute approximate surface area is 169 Å². The summed E-state index contributed by atoms with van der Waals surface area (Å²) in [5.41, 5.74) is 2.25. The predicted octanol–water partition coefficient (Wildman–Crippen LogP) is 3.97. The fourth-order valence-corrected chi connectivity index (χ4v) is 4.94. The number of benzene rings is 2. The van der Waals surface area contributed by atoms with Crippen LogP contribution in [-0.2, 0) is 20.6 Å². The van der Waals surface area contributed by atoms with E-state index in [4.69, 9.17) is 11.6 Å². The molecule has 0 radical (unpaired) electrons. The molecule has 0 spiro atoms. The van der Waals surface area contributed by atoms with Crippen molar-refractivity contribution >= 4 is 33.2 Å². The highest BCUT2D eigenvalue weighted by molar-refractivity contribution is 7.88. The summed E-state index contributed by atoms with van der Waals surface area (Å²) in [5.74, 6) is -1.10. The van der Waals surface area contributed by atoms with Crippen molar-refractivity contribution in [2.24, 2.45) is 5.92 Å². The molecule has 0 atom stereocenters. The maximum absolute atomic E-state index is 13.2. The molecule has 0 unspecified atom stereocenters. The van der Waals surface area contributed by atoms with E-state index in [0.717, 1.165) is 11.1 Å². The number of sulfonamides is 1. The summed E-state index contributed by atoms with van der Waals surface area (Å²) in [6.45, 7) is 2.56. The fourth-order valence-electron chi connectivity index (χ4n) is 3.20. The summed E-state index contributed by atoms with van der Waals surface area (Å²) in [4.78, 5) is 12.4. The molecule has 1 heterocycles. The van der Waals surface area contributed by atoms with Gasteiger partial charge in [-0.25, -0.2) is 17.1 Å². The van der Waals surface area contributed by atoms with Gasteiger partial charge in [0.05, 0.1) is 10.8 Å². The molecular weight excluding hydrogens is 403 g/mol. The van der Waals surface area contributed by atoms with Gasteiger partial charge in [0.15, 0.2) is 0 Å². The molecule has 150 valence electrons. The van der Waals surface area contributed by atoms with Gasteiger partial charge in [-0.2, -0.15) is 0 Å². The van der Waals surface area contributed by atoms with Crippen molar-refractivity contribution in [3.63, 3.8) is 0 Å². The third-order valence-electron chi connectivity index (χ3n) is 4.87. The lowest BCUT2D eigenvalue weighted by Gasteiger charge is -2.30. The zero-order valence-corrected chi connectivity index (χ0v) is 17.1. The molecule has 2 aromatic carbocycles. The van der Waals surface area contributed by atoms with E-state index in [-0.39, 0.29) is 22.6 Å². The average molecular weight is 425 g/mol. The van der Waals surface area contributed by atoms with Crippen molar-refractivity contribution in [3.8, 4) is 0 Å². The first kappa shape index (κ1) is 20.8. The van der Waals surface area contributed by atoms with Crippen molar-refractivity contribution in [2.45, 2.75) is 25.5 Å². The van der Waals surface area contributed by atoms with Gasteiger partial charge in [0, 0.05) is 24.7 Å². The second kappa shape index (κ2) is 8.59. The number of carbonyl (C=O) groups is 1. The number of aryl methyl sites for hydroxylation is 1. The number of hydrogen-bond acceptors (Lipinski definition) is 3. The first-order valence-corrected chi connectivity index (χ1v) is 11.0. The fraction of sp³-hybridized carbons (Fsp3) is 0.350. The highest BCUT2D eigenvalue weighted by Gasteiger charge is 2.31. The van der Waals surface area contributed by atoms with Crippen LogP contribution in [0.25, 0.3) is 0 Å². The number of nitrogens with one attached hydrogen (secondary N) is 1. The minimum Gasteiger partial charge on any atom is -0.326 e. The lowest BCUT2D eigenvalue weighted by atomic mass is 9.97. The van der Waals surface area contributed by atoms with Crippen LogP contribution in [0.3, 0.4) is 0 Å². The lowest BCUT2D eigenvalue weighted by Crippen LogP contribution is -2.41. The molecule has 1 saturated heterocycles. The smallest absolute Gasteiger partial charge is 0.227 e. The van der Waals surface area contributed by atoms with Gasteiger partial charge in [-0.05, 0) is 43.5 Å². The van der Waals surface area contributed by atoms with Crippen molar-refractivity contribution < 1.29 is 17.6 Å². The third-order valence-corrected chi connectivity index (χ3v) is 7.01. The first-order chi connectivity index (χ1) is 13.2. The molecule has 1 amide bonds. The Hall–Kier alpha value is -1.96. The van der Waals surface area contributed by atoms with Crippen molar-refractivity contribution in [1.82, 2.24) is 4.31 Å². The molecule has 0 aromatic heterocycles. The number of amides is 1. The van der Waals surface area contributed by atoms with Crippen LogP contribution in [0.5, 0.6) is 0 Å². The SMILES string of the molecule is Cc1ccc(CS(=O)(=O)N2CCC(C(=O)Nc3ccc(F)c(Cl)c3)CC2)cc1. The third kappa shape index (κ3) is 5.10. The van der Waals surface area contributed by atoms with E-state index < -0.39 is 15.8 Å². The van der Waals surface area contributed by atoms with Crippen LogP contribution in [0.2, 0.25) is 5.02 Å². The second-order valence-electron chi connectivity index (χ2n) is 7.03. The molecule has 0 saturated carbocycles. The van der Waals surface area contributed by atoms with Crippen LogP contribution in [-0.4, -0.2) is 31.7 Å². The molecule has 0 aliphatic carbocycles. The Kier molecular flexibility index (Phi) is 6.37. The van der Waals surface area contributed by atoms with E-state index in [1.807, 2.05) is 31.2 Å². The number of piperidine rings is 1. The number of carbonyl (C=O) groups excluding carboxylic acids is 1. The second-order valence-corrected chi connectivity index (χ2v) is 9.41. The van der Waals surface area contributed by atoms with Crippen molar-refractivity contribution in [2.75, 3.05) is 18.4 Å². The maximum atomic E-state index is 13.2. The molecule has 8 heteroatoms. The van der Waals surface area contributed by atoms with E-state index in [0.29, 0.717) is 31.6 Å². The Balaban J connectivity index is 1.56. The zero-order valence-electron chi connectivity index (χ0n) is 15.5. The summed E-state index contributed by atoms with van der Waals surface area (Å²) >= 11 is 5.73. The highest BCUT2D eigenvalue weighted by atomic mass is 35.5. The summed E-state index contributed by atoms with van der Waals surface area (Å²) < 4.78 is 40.0. The maximum Gasteiger partial charge on any atom is 0.227 e. The van der Waals surface area contributed by atoms with Crippen molar-refractivity contribution in [1.29, 1.82) is 0 Å². The van der Waals surface area contributed by atoms with E-state index in [1.54, 1.807) is 0 Å². The molecule has 28 heavy (non-hydrogen) atoms. The van der Waals surface area contributed by atoms with E-state index in [1.165, 1.54) is 22.5 Å². The van der Waals surface area contributed by atoms with Gasteiger partial charge in [0.2, 0.25) is 15.9 Å². The predicted molar refractivity (Wildman–Crippen MR) is 108 cm³/mol. The van der Waals surface area contributed by atoms with Crippen LogP contribution in [0.15, 0.2) is 42.5 Å². The Bertz CT molecular complexity index is 956. The lowest BCUT2D eigenvalue weighted by molar-refractivity contribution is -0.120. The highest BCUT2D eigenvalue weighted by Crippen LogP contribution is 2.24. The normalized spacial score (nSPS) is 16.1. The minimum absolute atomic E-state index is 0.0434. The van der Waals surface area contributed by atoms with Gasteiger partial charge < -0.3 is 5.32 Å². The van der Waals surface area contributed by atoms with Crippen LogP contribution < -0.4 is 5.32 Å². The standard InChI is InChI=1S/C20H22ClFN2O3S/c1-14-2-4-15(5-3-14)13-28(26,27)24-10-8-16(9-11-24)20(25)23-17-6-7-19(22)18(21)12-17/h2-7,12,16H,8-11,13H2,1H3,(H,23,25). The number of nitrogens with zero attached hydrogens (tertiary/aromatic N) is 1. The van der Waals surface area contributed by atoms with E-state index >= 15 is 0 Å². The van der Waals surface area contributed by atoms with Crippen LogP contribution in [0, 0.1) is 18.7 Å². The Morgan fingerprint density at radius 3 is 2.43 bits per heavy atom. The zero-order chi connectivity index (χ0) is 20.3. The summed E-state index contributed by atoms with van der Waals surface area (Å²) in [5, 5.41) is 2.66. The quantitative estimate of drug-likeness (QED) is 0.789. The molecule has 0 bridgehead atoms. The van der Waals surface area contributed by atoms with Gasteiger partial charge in [0.25, 0.3) is 0 Å². The Morgan fingerprint density at radius 1 is 1.18 bits per heavy atom. The van der Waals surface area contributed by atoms with E-state index in [2.05, 4.69) is 5.32 Å². The van der Waals surface area contributed by atoms with Gasteiger partial charge in [-0.1, -0.05) is 41.4 Å². The van der Waals surface area contributed by atoms with Gasteiger partial charge in [0.1, 0.15) is 5.82 Å². The average Bonchev–Trinajstić information content (AvgIpc) is 2.66. The molecule has 1 N–H and O–H groups in total. The van der Waals surface area contributed by atoms with Crippen LogP contribution in [0.1, 0.15) is 24.0 Å². The largest absolute Gasteiger partial charge is 0.326 e. The van der Waals surface area contributed by atoms with Crippen LogP contribution >= 0.6 is 11.6 Å². The van der Waals surface area contributed by atoms with Gasteiger partial charge in [-0.15, -0.1) is 0 Å². The minimum atomic E-state index is -3.43. The van der Waals surface area contributed by atoms with Crippen LogP contribution in [0.4, 0.5) is 10.1 Å². The number of rotatable bonds is 5. The number of hydrogen-bond donors (Lipinski definition) is 1. The first-order valence-electron chi connectivity index (χ1n) is 9.04.